The molecule has 0 saturated heterocycles. The lowest BCUT2D eigenvalue weighted by Crippen LogP contribution is -2.25. The number of nitrogens with zero attached hydrogens (tertiary/aromatic N) is 1. The number of nitrogens with one attached hydrogen (secondary N) is 1. The van der Waals surface area contributed by atoms with Crippen molar-refractivity contribution in [3.05, 3.63) is 46.8 Å². The highest BCUT2D eigenvalue weighted by atomic mass is 32.2. The Balaban J connectivity index is 2.30. The highest BCUT2D eigenvalue weighted by Gasteiger charge is 2.31. The van der Waals surface area contributed by atoms with Crippen LogP contribution in [0.15, 0.2) is 29.2 Å². The van der Waals surface area contributed by atoms with Crippen LogP contribution in [0.2, 0.25) is 0 Å². The normalized spacial score (nSPS) is 11.4. The van der Waals surface area contributed by atoms with Crippen LogP contribution in [0.25, 0.3) is 0 Å². The van der Waals surface area contributed by atoms with Crippen molar-refractivity contribution in [1.82, 2.24) is 9.29 Å². The first kappa shape index (κ1) is 21.0. The van der Waals surface area contributed by atoms with Crippen LogP contribution in [0.5, 0.6) is 5.75 Å². The smallest absolute Gasteiger partial charge is 0.341 e. The minimum absolute atomic E-state index is 0.0353. The van der Waals surface area contributed by atoms with Gasteiger partial charge in [-0.05, 0) is 45.4 Å². The summed E-state index contributed by atoms with van der Waals surface area (Å²) in [6.07, 6.45) is 0. The number of rotatable bonds is 8. The maximum absolute atomic E-state index is 12.9. The van der Waals surface area contributed by atoms with Gasteiger partial charge in [-0.1, -0.05) is 12.1 Å². The van der Waals surface area contributed by atoms with E-state index in [0.717, 1.165) is 11.3 Å². The van der Waals surface area contributed by atoms with Gasteiger partial charge in [0.2, 0.25) is 10.0 Å². The third kappa shape index (κ3) is 4.51. The van der Waals surface area contributed by atoms with E-state index in [1.54, 1.807) is 56.7 Å². The molecule has 0 unspecified atom stereocenters. The third-order valence-electron chi connectivity index (χ3n) is 4.37. The van der Waals surface area contributed by atoms with Gasteiger partial charge in [-0.2, -0.15) is 0 Å². The van der Waals surface area contributed by atoms with Gasteiger partial charge in [-0.25, -0.2) is 17.9 Å². The lowest BCUT2D eigenvalue weighted by molar-refractivity contribution is 0.0521. The Kier molecular flexibility index (Phi) is 6.67. The Morgan fingerprint density at radius 1 is 1.07 bits per heavy atom. The average molecular weight is 394 g/mol. The van der Waals surface area contributed by atoms with E-state index in [2.05, 4.69) is 4.72 Å². The predicted molar refractivity (Wildman–Crippen MR) is 102 cm³/mol. The van der Waals surface area contributed by atoms with Gasteiger partial charge in [0.25, 0.3) is 0 Å². The number of sulfonamides is 1. The second-order valence-corrected chi connectivity index (χ2v) is 7.76. The summed E-state index contributed by atoms with van der Waals surface area (Å²) >= 11 is 0. The number of carbonyl (C=O) groups is 1. The molecule has 8 heteroatoms. The monoisotopic (exact) mass is 394 g/mol. The molecular weight excluding hydrogens is 368 g/mol. The largest absolute Gasteiger partial charge is 0.494 e. The van der Waals surface area contributed by atoms with Crippen LogP contribution in [0.3, 0.4) is 0 Å². The van der Waals surface area contributed by atoms with Gasteiger partial charge < -0.3 is 14.0 Å². The number of ether oxygens (including phenoxy) is 2. The summed E-state index contributed by atoms with van der Waals surface area (Å²) in [5.41, 5.74) is 1.89. The fourth-order valence-electron chi connectivity index (χ4n) is 2.81. The van der Waals surface area contributed by atoms with Crippen LogP contribution in [-0.4, -0.2) is 32.2 Å². The average Bonchev–Trinajstić information content (AvgIpc) is 2.86. The zero-order valence-electron chi connectivity index (χ0n) is 16.3. The molecule has 1 aromatic heterocycles. The van der Waals surface area contributed by atoms with Gasteiger partial charge >= 0.3 is 5.97 Å². The quantitative estimate of drug-likeness (QED) is 0.696. The van der Waals surface area contributed by atoms with E-state index >= 15 is 0 Å². The number of esters is 1. The molecule has 2 rings (SSSR count). The number of carbonyl (C=O) groups excluding carboxylic acids is 1. The van der Waals surface area contributed by atoms with Crippen molar-refractivity contribution >= 4 is 16.0 Å². The van der Waals surface area contributed by atoms with E-state index in [-0.39, 0.29) is 23.6 Å². The number of hydrogen-bond acceptors (Lipinski definition) is 5. The predicted octanol–water partition coefficient (Wildman–Crippen LogP) is 2.70. The fourth-order valence-corrected chi connectivity index (χ4v) is 4.34. The van der Waals surface area contributed by atoms with Gasteiger partial charge in [-0.3, -0.25) is 0 Å². The SMILES string of the molecule is CCOC(=O)c1c(S(=O)(=O)NCc2ccc(OCC)cc2)c(C)n(C)c1C. The lowest BCUT2D eigenvalue weighted by Gasteiger charge is -2.10. The van der Waals surface area contributed by atoms with Gasteiger partial charge in [0.1, 0.15) is 16.2 Å². The van der Waals surface area contributed by atoms with E-state index < -0.39 is 16.0 Å². The van der Waals surface area contributed by atoms with Crippen molar-refractivity contribution < 1.29 is 22.7 Å². The second-order valence-electron chi connectivity index (χ2n) is 6.06. The standard InChI is InChI=1S/C19H26N2O5S/c1-6-25-16-10-8-15(9-11-16)12-20-27(23,24)18-14(4)21(5)13(3)17(18)19(22)26-7-2/h8-11,20H,6-7,12H2,1-5H3. The summed E-state index contributed by atoms with van der Waals surface area (Å²) in [6, 6.07) is 7.16. The van der Waals surface area contributed by atoms with Crippen molar-refractivity contribution in [2.24, 2.45) is 7.05 Å². The summed E-state index contributed by atoms with van der Waals surface area (Å²) in [5, 5.41) is 0. The van der Waals surface area contributed by atoms with Crippen molar-refractivity contribution in [3.63, 3.8) is 0 Å². The Labute approximate surface area is 160 Å². The maximum atomic E-state index is 12.9. The van der Waals surface area contributed by atoms with Crippen LogP contribution in [0, 0.1) is 13.8 Å². The molecule has 27 heavy (non-hydrogen) atoms. The third-order valence-corrected chi connectivity index (χ3v) is 5.93. The molecule has 7 nitrogen and oxygen atoms in total. The highest BCUT2D eigenvalue weighted by Crippen LogP contribution is 2.27. The maximum Gasteiger partial charge on any atom is 0.341 e. The molecule has 0 fully saturated rings. The molecule has 0 aliphatic carbocycles. The summed E-state index contributed by atoms with van der Waals surface area (Å²) in [5.74, 6) is 0.0865. The molecular formula is C19H26N2O5S. The van der Waals surface area contributed by atoms with E-state index in [1.807, 2.05) is 6.92 Å². The summed E-state index contributed by atoms with van der Waals surface area (Å²) in [4.78, 5) is 12.3. The fraction of sp³-hybridized carbons (Fsp3) is 0.421. The lowest BCUT2D eigenvalue weighted by atomic mass is 10.2. The van der Waals surface area contributed by atoms with Crippen molar-refractivity contribution in [2.75, 3.05) is 13.2 Å². The molecule has 0 aliphatic heterocycles. The van der Waals surface area contributed by atoms with Gasteiger partial charge in [-0.15, -0.1) is 0 Å². The zero-order valence-corrected chi connectivity index (χ0v) is 17.1. The first-order chi connectivity index (χ1) is 12.7. The topological polar surface area (TPSA) is 86.6 Å². The molecule has 0 saturated carbocycles. The van der Waals surface area contributed by atoms with E-state index in [1.165, 1.54) is 0 Å². The highest BCUT2D eigenvalue weighted by molar-refractivity contribution is 7.89. The van der Waals surface area contributed by atoms with Crippen LogP contribution < -0.4 is 9.46 Å². The number of aromatic nitrogens is 1. The van der Waals surface area contributed by atoms with Crippen molar-refractivity contribution in [3.8, 4) is 5.75 Å². The molecule has 0 aliphatic rings. The van der Waals surface area contributed by atoms with Crippen LogP contribution in [0.1, 0.15) is 41.2 Å². The minimum Gasteiger partial charge on any atom is -0.494 e. The van der Waals surface area contributed by atoms with E-state index in [4.69, 9.17) is 9.47 Å². The van der Waals surface area contributed by atoms with Crippen molar-refractivity contribution in [1.29, 1.82) is 0 Å². The molecule has 1 N–H and O–H groups in total. The Bertz CT molecular complexity index is 915. The van der Waals surface area contributed by atoms with Crippen LogP contribution >= 0.6 is 0 Å². The molecule has 0 atom stereocenters. The Morgan fingerprint density at radius 2 is 1.70 bits per heavy atom. The molecule has 0 amide bonds. The Morgan fingerprint density at radius 3 is 2.26 bits per heavy atom. The summed E-state index contributed by atoms with van der Waals surface area (Å²) < 4.78 is 40.6. The molecule has 148 valence electrons. The number of hydrogen-bond donors (Lipinski definition) is 1. The van der Waals surface area contributed by atoms with Crippen molar-refractivity contribution in [2.45, 2.75) is 39.1 Å². The molecule has 0 bridgehead atoms. The van der Waals surface area contributed by atoms with Crippen LogP contribution in [-0.2, 0) is 28.4 Å². The van der Waals surface area contributed by atoms with Crippen LogP contribution in [0.4, 0.5) is 0 Å². The van der Waals surface area contributed by atoms with E-state index in [0.29, 0.717) is 18.0 Å². The molecule has 1 heterocycles. The molecule has 2 aromatic rings. The molecule has 0 spiro atoms. The molecule has 1 aromatic carbocycles. The summed E-state index contributed by atoms with van der Waals surface area (Å²) in [6.45, 7) is 7.78. The zero-order chi connectivity index (χ0) is 20.2. The minimum atomic E-state index is -3.91. The van der Waals surface area contributed by atoms with Gasteiger partial charge in [0.05, 0.1) is 13.2 Å². The number of benzene rings is 1. The first-order valence-electron chi connectivity index (χ1n) is 8.77. The summed E-state index contributed by atoms with van der Waals surface area (Å²) in [7, 11) is -2.19. The first-order valence-corrected chi connectivity index (χ1v) is 10.3. The van der Waals surface area contributed by atoms with Gasteiger partial charge in [0, 0.05) is 25.0 Å². The Hall–Kier alpha value is -2.32. The van der Waals surface area contributed by atoms with E-state index in [9.17, 15) is 13.2 Å². The van der Waals surface area contributed by atoms with Gasteiger partial charge in [0.15, 0.2) is 0 Å². The second kappa shape index (κ2) is 8.58. The molecule has 0 radical (unpaired) electrons.